The summed E-state index contributed by atoms with van der Waals surface area (Å²) in [5, 5.41) is 0. The number of rotatable bonds is 1. The van der Waals surface area contributed by atoms with E-state index in [1.807, 2.05) is 0 Å². The van der Waals surface area contributed by atoms with Crippen molar-refractivity contribution >= 4 is 0 Å². The van der Waals surface area contributed by atoms with Gasteiger partial charge >= 0.3 is 0 Å². The molecule has 0 amide bonds. The summed E-state index contributed by atoms with van der Waals surface area (Å²) in [6.45, 7) is 10.2. The van der Waals surface area contributed by atoms with Gasteiger partial charge in [0.1, 0.15) is 0 Å². The van der Waals surface area contributed by atoms with Crippen LogP contribution in [0.2, 0.25) is 0 Å². The summed E-state index contributed by atoms with van der Waals surface area (Å²) >= 11 is 0. The highest BCUT2D eigenvalue weighted by atomic mass is 14.9. The summed E-state index contributed by atoms with van der Waals surface area (Å²) in [6.07, 6.45) is 4.68. The minimum absolute atomic E-state index is 0.762. The Bertz CT molecular complexity index is 329. The summed E-state index contributed by atoms with van der Waals surface area (Å²) in [4.78, 5) is 0. The molecule has 5 fully saturated rings. The number of hydrogen-bond donors (Lipinski definition) is 0. The van der Waals surface area contributed by atoms with E-state index >= 15 is 0 Å². The highest BCUT2D eigenvalue weighted by Gasteiger charge is 2.86. The lowest BCUT2D eigenvalue weighted by Crippen LogP contribution is -2.37. The quantitative estimate of drug-likeness (QED) is 0.606. The molecule has 0 nitrogen and oxygen atoms in total. The van der Waals surface area contributed by atoms with Crippen LogP contribution in [0.5, 0.6) is 0 Å². The molecule has 0 saturated heterocycles. The topological polar surface area (TPSA) is 0 Å². The Morgan fingerprint density at radius 3 is 2.47 bits per heavy atom. The van der Waals surface area contributed by atoms with Gasteiger partial charge in [0.05, 0.1) is 0 Å². The molecule has 6 bridgehead atoms. The van der Waals surface area contributed by atoms with E-state index in [1.54, 1.807) is 12.8 Å². The summed E-state index contributed by atoms with van der Waals surface area (Å²) in [5.41, 5.74) is 1.56. The average molecular weight is 204 g/mol. The third-order valence-corrected chi connectivity index (χ3v) is 7.57. The molecule has 0 aromatic heterocycles. The van der Waals surface area contributed by atoms with Crippen LogP contribution in [0.25, 0.3) is 0 Å². The highest BCUT2D eigenvalue weighted by molar-refractivity contribution is 5.33. The van der Waals surface area contributed by atoms with Crippen LogP contribution < -0.4 is 0 Å². The van der Waals surface area contributed by atoms with Crippen LogP contribution in [0, 0.1) is 46.3 Å². The van der Waals surface area contributed by atoms with Gasteiger partial charge in [0, 0.05) is 0 Å². The van der Waals surface area contributed by atoms with Gasteiger partial charge in [-0.05, 0) is 65.6 Å². The molecular weight excluding hydrogens is 180 g/mol. The first-order chi connectivity index (χ1) is 7.02. The van der Waals surface area contributed by atoms with Crippen LogP contribution in [0.4, 0.5) is 0 Å². The molecule has 0 radical (unpaired) electrons. The van der Waals surface area contributed by atoms with Crippen molar-refractivity contribution in [1.29, 1.82) is 0 Å². The molecule has 0 N–H and O–H groups in total. The van der Waals surface area contributed by atoms with Crippen LogP contribution in [-0.2, 0) is 0 Å². The first-order valence-corrected chi connectivity index (χ1v) is 7.02. The van der Waals surface area contributed by atoms with E-state index in [-0.39, 0.29) is 0 Å². The lowest BCUT2D eigenvalue weighted by atomic mass is 9.61. The predicted molar refractivity (Wildman–Crippen MR) is 62.4 cm³/mol. The number of hydrogen-bond acceptors (Lipinski definition) is 0. The van der Waals surface area contributed by atoms with Crippen molar-refractivity contribution < 1.29 is 0 Å². The van der Waals surface area contributed by atoms with E-state index in [4.69, 9.17) is 0 Å². The van der Waals surface area contributed by atoms with Gasteiger partial charge in [0.2, 0.25) is 0 Å². The maximum atomic E-state index is 2.63. The van der Waals surface area contributed by atoms with Gasteiger partial charge in [0.25, 0.3) is 0 Å². The monoisotopic (exact) mass is 204 g/mol. The molecule has 5 aliphatic carbocycles. The normalized spacial score (nSPS) is 69.0. The smallest absolute Gasteiger partial charge is 0.0204 e. The van der Waals surface area contributed by atoms with E-state index in [1.165, 1.54) is 6.42 Å². The molecular formula is C15H24. The van der Waals surface area contributed by atoms with Crippen LogP contribution in [-0.4, -0.2) is 0 Å². The molecule has 0 spiro atoms. The van der Waals surface area contributed by atoms with Crippen molar-refractivity contribution in [2.75, 3.05) is 0 Å². The molecule has 0 aliphatic heterocycles. The lowest BCUT2D eigenvalue weighted by Gasteiger charge is -2.44. The second kappa shape index (κ2) is 2.17. The van der Waals surface area contributed by atoms with Crippen LogP contribution >= 0.6 is 0 Å². The molecule has 0 aromatic rings. The summed E-state index contributed by atoms with van der Waals surface area (Å²) in [5.74, 6) is 6.57. The maximum Gasteiger partial charge on any atom is -0.0204 e. The Labute approximate surface area is 93.8 Å². The minimum atomic E-state index is 0.762. The zero-order valence-corrected chi connectivity index (χ0v) is 10.6. The van der Waals surface area contributed by atoms with Gasteiger partial charge in [-0.25, -0.2) is 0 Å². The first-order valence-electron chi connectivity index (χ1n) is 7.02. The summed E-state index contributed by atoms with van der Waals surface area (Å²) < 4.78 is 0. The van der Waals surface area contributed by atoms with E-state index < -0.39 is 0 Å². The van der Waals surface area contributed by atoms with Gasteiger partial charge in [-0.15, -0.1) is 0 Å². The molecule has 15 heavy (non-hydrogen) atoms. The Morgan fingerprint density at radius 2 is 1.87 bits per heavy atom. The maximum absolute atomic E-state index is 2.63. The van der Waals surface area contributed by atoms with Crippen LogP contribution in [0.3, 0.4) is 0 Å². The van der Waals surface area contributed by atoms with Crippen LogP contribution in [0.1, 0.15) is 47.0 Å². The zero-order valence-electron chi connectivity index (χ0n) is 10.6. The molecule has 0 heteroatoms. The van der Waals surface area contributed by atoms with Gasteiger partial charge < -0.3 is 0 Å². The third kappa shape index (κ3) is 0.666. The molecule has 0 aromatic carbocycles. The predicted octanol–water partition coefficient (Wildman–Crippen LogP) is 3.96. The molecule has 0 heterocycles. The van der Waals surface area contributed by atoms with Crippen molar-refractivity contribution in [3.63, 3.8) is 0 Å². The van der Waals surface area contributed by atoms with Gasteiger partial charge in [0.15, 0.2) is 0 Å². The van der Waals surface area contributed by atoms with Gasteiger partial charge in [-0.2, -0.15) is 0 Å². The lowest BCUT2D eigenvalue weighted by molar-refractivity contribution is 0.0483. The largest absolute Gasteiger partial charge is 0.0625 e. The highest BCUT2D eigenvalue weighted by Crippen LogP contribution is 2.91. The second-order valence-corrected chi connectivity index (χ2v) is 7.70. The van der Waals surface area contributed by atoms with Crippen molar-refractivity contribution in [3.05, 3.63) is 0 Å². The van der Waals surface area contributed by atoms with Crippen LogP contribution in [0.15, 0.2) is 0 Å². The Hall–Kier alpha value is 0. The van der Waals surface area contributed by atoms with E-state index in [0.717, 1.165) is 46.3 Å². The van der Waals surface area contributed by atoms with E-state index in [0.29, 0.717) is 0 Å². The van der Waals surface area contributed by atoms with E-state index in [9.17, 15) is 0 Å². The molecule has 5 aliphatic rings. The van der Waals surface area contributed by atoms with E-state index in [2.05, 4.69) is 27.7 Å². The Kier molecular flexibility index (Phi) is 1.31. The van der Waals surface area contributed by atoms with Crippen molar-refractivity contribution in [2.45, 2.75) is 47.0 Å². The fourth-order valence-electron chi connectivity index (χ4n) is 6.72. The Morgan fingerprint density at radius 1 is 1.13 bits per heavy atom. The average Bonchev–Trinajstić information content (AvgIpc) is 2.49. The molecule has 84 valence electrons. The molecule has 5 saturated carbocycles. The molecule has 7 atom stereocenters. The SMILES string of the molecule is CC(C)[C@H]1CC[C@@]2(C)[C@@H]3C[C@H]4[C@@H]([C@H]13)[C@]42C. The Balaban J connectivity index is 1.80. The van der Waals surface area contributed by atoms with Crippen molar-refractivity contribution in [3.8, 4) is 0 Å². The minimum Gasteiger partial charge on any atom is -0.0625 e. The summed E-state index contributed by atoms with van der Waals surface area (Å²) in [7, 11) is 0. The zero-order chi connectivity index (χ0) is 10.6. The molecule has 5 rings (SSSR count). The van der Waals surface area contributed by atoms with Gasteiger partial charge in [-0.1, -0.05) is 27.7 Å². The van der Waals surface area contributed by atoms with Crippen molar-refractivity contribution in [2.24, 2.45) is 46.3 Å². The fraction of sp³-hybridized carbons (Fsp3) is 1.00. The third-order valence-electron chi connectivity index (χ3n) is 7.57. The second-order valence-electron chi connectivity index (χ2n) is 7.70. The summed E-state index contributed by atoms with van der Waals surface area (Å²) in [6, 6.07) is 0. The first kappa shape index (κ1) is 9.07. The standard InChI is InChI=1S/C15H24/c1-8(2)9-5-6-14(3)10-7-11-13(12(9)10)15(11,14)4/h8-13H,5-7H2,1-4H3/t9-,10-,11+,12-,13+,14+,15+/m1/s1. The van der Waals surface area contributed by atoms with Crippen molar-refractivity contribution in [1.82, 2.24) is 0 Å². The molecule has 0 unspecified atom stereocenters. The fourth-order valence-corrected chi connectivity index (χ4v) is 6.72. The van der Waals surface area contributed by atoms with Gasteiger partial charge in [-0.3, -0.25) is 0 Å².